The number of aromatic nitrogens is 3. The highest BCUT2D eigenvalue weighted by molar-refractivity contribution is 7.89. The first-order valence-electron chi connectivity index (χ1n) is 11.8. The Kier molecular flexibility index (Phi) is 7.86. The zero-order chi connectivity index (χ0) is 28.5. The number of amides is 1. The van der Waals surface area contributed by atoms with Crippen LogP contribution in [0.1, 0.15) is 35.9 Å². The highest BCUT2D eigenvalue weighted by atomic mass is 32.2. The molecule has 210 valence electrons. The van der Waals surface area contributed by atoms with Gasteiger partial charge in [-0.1, -0.05) is 13.8 Å². The molecule has 0 unspecified atom stereocenters. The number of rotatable bonds is 7. The van der Waals surface area contributed by atoms with Crippen molar-refractivity contribution in [3.05, 3.63) is 47.8 Å². The fourth-order valence-corrected chi connectivity index (χ4v) is 5.46. The molecule has 0 saturated carbocycles. The van der Waals surface area contributed by atoms with Gasteiger partial charge < -0.3 is 20.3 Å². The number of phenolic OH excluding ortho intramolecular Hbond substituents is 2. The predicted molar refractivity (Wildman–Crippen MR) is 132 cm³/mol. The molecule has 15 heteroatoms. The lowest BCUT2D eigenvalue weighted by molar-refractivity contribution is -0.123. The summed E-state index contributed by atoms with van der Waals surface area (Å²) in [5.41, 5.74) is 0.628. The van der Waals surface area contributed by atoms with Crippen LogP contribution in [0.25, 0.3) is 17.1 Å². The first-order valence-corrected chi connectivity index (χ1v) is 13.3. The van der Waals surface area contributed by atoms with Crippen molar-refractivity contribution >= 4 is 15.9 Å². The fourth-order valence-electron chi connectivity index (χ4n) is 4.05. The number of phenols is 2. The zero-order valence-corrected chi connectivity index (χ0v) is 21.8. The van der Waals surface area contributed by atoms with Gasteiger partial charge in [0.15, 0.2) is 5.82 Å². The molecule has 0 atom stereocenters. The van der Waals surface area contributed by atoms with Gasteiger partial charge in [0.25, 0.3) is 5.91 Å². The van der Waals surface area contributed by atoms with Crippen molar-refractivity contribution in [1.82, 2.24) is 24.4 Å². The lowest BCUT2D eigenvalue weighted by atomic mass is 9.98. The van der Waals surface area contributed by atoms with E-state index in [4.69, 9.17) is 4.74 Å². The number of sulfonamides is 1. The van der Waals surface area contributed by atoms with Gasteiger partial charge in [-0.3, -0.25) is 9.36 Å². The van der Waals surface area contributed by atoms with Gasteiger partial charge in [0.1, 0.15) is 18.0 Å². The number of nitrogens with one attached hydrogen (secondary N) is 1. The van der Waals surface area contributed by atoms with E-state index in [0.717, 1.165) is 10.6 Å². The van der Waals surface area contributed by atoms with Crippen LogP contribution in [0.15, 0.2) is 41.3 Å². The minimum atomic E-state index is -4.68. The summed E-state index contributed by atoms with van der Waals surface area (Å²) >= 11 is 0. The number of carbonyl (C=O) groups is 1. The van der Waals surface area contributed by atoms with Crippen LogP contribution in [0.5, 0.6) is 11.5 Å². The van der Waals surface area contributed by atoms with Crippen LogP contribution in [0.4, 0.5) is 13.2 Å². The third-order valence-corrected chi connectivity index (χ3v) is 7.94. The minimum Gasteiger partial charge on any atom is -0.508 e. The van der Waals surface area contributed by atoms with E-state index in [1.165, 1.54) is 34.6 Å². The SMILES string of the molecule is CC(C)c1cc(-c2nnc(C(=O)NCC(F)(F)F)n2-c2ccc(S(=O)(=O)N3CCOCC3)cc2)c(O)cc1O. The van der Waals surface area contributed by atoms with E-state index >= 15 is 0 Å². The first-order chi connectivity index (χ1) is 18.3. The lowest BCUT2D eigenvalue weighted by Crippen LogP contribution is -2.40. The summed E-state index contributed by atoms with van der Waals surface area (Å²) in [4.78, 5) is 12.7. The Balaban J connectivity index is 1.82. The predicted octanol–water partition coefficient (Wildman–Crippen LogP) is 2.78. The van der Waals surface area contributed by atoms with E-state index in [1.807, 2.05) is 0 Å². The van der Waals surface area contributed by atoms with Crippen molar-refractivity contribution in [1.29, 1.82) is 0 Å². The van der Waals surface area contributed by atoms with Crippen LogP contribution in [0.2, 0.25) is 0 Å². The average Bonchev–Trinajstić information content (AvgIpc) is 3.32. The smallest absolute Gasteiger partial charge is 0.405 e. The summed E-state index contributed by atoms with van der Waals surface area (Å²) in [5, 5.41) is 30.3. The molecule has 3 N–H and O–H groups in total. The molecule has 39 heavy (non-hydrogen) atoms. The molecular weight excluding hydrogens is 543 g/mol. The normalized spacial score (nSPS) is 15.0. The molecule has 1 aliphatic rings. The second-order valence-corrected chi connectivity index (χ2v) is 11.0. The van der Waals surface area contributed by atoms with Crippen LogP contribution < -0.4 is 5.32 Å². The van der Waals surface area contributed by atoms with Crippen molar-refractivity contribution < 1.29 is 41.3 Å². The summed E-state index contributed by atoms with van der Waals surface area (Å²) in [6.07, 6.45) is -4.68. The van der Waals surface area contributed by atoms with Gasteiger partial charge in [0, 0.05) is 24.8 Å². The molecule has 0 bridgehead atoms. The number of ether oxygens (including phenoxy) is 1. The molecule has 2 aromatic carbocycles. The van der Waals surface area contributed by atoms with Gasteiger partial charge in [-0.25, -0.2) is 8.42 Å². The number of halogens is 3. The van der Waals surface area contributed by atoms with E-state index in [0.29, 0.717) is 5.56 Å². The largest absolute Gasteiger partial charge is 0.508 e. The summed E-state index contributed by atoms with van der Waals surface area (Å²) in [7, 11) is -3.85. The third-order valence-electron chi connectivity index (χ3n) is 6.03. The highest BCUT2D eigenvalue weighted by Crippen LogP contribution is 2.38. The maximum Gasteiger partial charge on any atom is 0.405 e. The van der Waals surface area contributed by atoms with Crippen LogP contribution in [0.3, 0.4) is 0 Å². The summed E-state index contributed by atoms with van der Waals surface area (Å²) in [5.74, 6) is -2.62. The lowest BCUT2D eigenvalue weighted by Gasteiger charge is -2.26. The Morgan fingerprint density at radius 2 is 1.72 bits per heavy atom. The Morgan fingerprint density at radius 3 is 2.31 bits per heavy atom. The molecule has 0 spiro atoms. The second kappa shape index (κ2) is 10.8. The number of aromatic hydroxyl groups is 2. The minimum absolute atomic E-state index is 0.0413. The number of hydrogen-bond donors (Lipinski definition) is 3. The van der Waals surface area contributed by atoms with Crippen molar-refractivity contribution in [3.63, 3.8) is 0 Å². The first kappa shape index (κ1) is 28.3. The average molecular weight is 570 g/mol. The quantitative estimate of drug-likeness (QED) is 0.394. The van der Waals surface area contributed by atoms with Gasteiger partial charge in [0.05, 0.1) is 23.7 Å². The molecule has 1 aromatic heterocycles. The van der Waals surface area contributed by atoms with Gasteiger partial charge in [-0.05, 0) is 41.8 Å². The molecule has 1 amide bonds. The maximum absolute atomic E-state index is 13.0. The number of alkyl halides is 3. The number of carbonyl (C=O) groups excluding carboxylic acids is 1. The summed E-state index contributed by atoms with van der Waals surface area (Å²) in [6.45, 7) is 2.85. The topological polar surface area (TPSA) is 147 Å². The van der Waals surface area contributed by atoms with Crippen molar-refractivity contribution in [2.45, 2.75) is 30.8 Å². The number of nitrogens with zero attached hydrogens (tertiary/aromatic N) is 4. The molecule has 4 rings (SSSR count). The van der Waals surface area contributed by atoms with E-state index in [1.54, 1.807) is 19.2 Å². The van der Waals surface area contributed by atoms with Crippen LogP contribution in [-0.2, 0) is 14.8 Å². The maximum atomic E-state index is 13.0. The molecule has 1 aliphatic heterocycles. The molecule has 1 saturated heterocycles. The molecule has 11 nitrogen and oxygen atoms in total. The van der Waals surface area contributed by atoms with Gasteiger partial charge in [0.2, 0.25) is 15.8 Å². The zero-order valence-electron chi connectivity index (χ0n) is 20.9. The molecule has 0 radical (unpaired) electrons. The fraction of sp³-hybridized carbons (Fsp3) is 0.375. The van der Waals surface area contributed by atoms with E-state index < -0.39 is 40.2 Å². The standard InChI is InChI=1S/C24H26F3N5O6S/c1-14(2)17-11-18(20(34)12-19(17)33)21-29-30-22(23(35)28-13-24(25,26)27)32(21)15-3-5-16(6-4-15)39(36,37)31-7-9-38-10-8-31/h3-6,11-12,14,33-34H,7-10,13H2,1-2H3,(H,28,35). The van der Waals surface area contributed by atoms with Crippen LogP contribution in [-0.4, -0.2) is 82.6 Å². The molecule has 3 aromatic rings. The number of hydrogen-bond acceptors (Lipinski definition) is 8. The molecule has 1 fully saturated rings. The molecule has 0 aliphatic carbocycles. The summed E-state index contributed by atoms with van der Waals surface area (Å²) < 4.78 is 71.9. The van der Waals surface area contributed by atoms with E-state index in [-0.39, 0.29) is 59.9 Å². The summed E-state index contributed by atoms with van der Waals surface area (Å²) in [6, 6.07) is 7.80. The van der Waals surface area contributed by atoms with Crippen LogP contribution >= 0.6 is 0 Å². The number of morpholine rings is 1. The van der Waals surface area contributed by atoms with Gasteiger partial charge in [-0.15, -0.1) is 10.2 Å². The molecular formula is C24H26F3N5O6S. The Bertz CT molecular complexity index is 1470. The number of benzene rings is 2. The van der Waals surface area contributed by atoms with E-state index in [9.17, 15) is 36.6 Å². The molecule has 2 heterocycles. The Morgan fingerprint density at radius 1 is 1.08 bits per heavy atom. The monoisotopic (exact) mass is 569 g/mol. The van der Waals surface area contributed by atoms with Crippen molar-refractivity contribution in [2.75, 3.05) is 32.8 Å². The van der Waals surface area contributed by atoms with E-state index in [2.05, 4.69) is 10.2 Å². The highest BCUT2D eigenvalue weighted by Gasteiger charge is 2.31. The Labute approximate surface area is 221 Å². The van der Waals surface area contributed by atoms with Crippen molar-refractivity contribution in [2.24, 2.45) is 0 Å². The third kappa shape index (κ3) is 5.99. The van der Waals surface area contributed by atoms with Crippen molar-refractivity contribution in [3.8, 4) is 28.6 Å². The van der Waals surface area contributed by atoms with Gasteiger partial charge >= 0.3 is 6.18 Å². The Hall–Kier alpha value is -3.69. The van der Waals surface area contributed by atoms with Gasteiger partial charge in [-0.2, -0.15) is 17.5 Å². The van der Waals surface area contributed by atoms with Crippen LogP contribution in [0, 0.1) is 0 Å². The second-order valence-electron chi connectivity index (χ2n) is 9.07.